The Morgan fingerprint density at radius 1 is 1.50 bits per heavy atom. The van der Waals surface area contributed by atoms with E-state index in [-0.39, 0.29) is 11.8 Å². The first-order valence-corrected chi connectivity index (χ1v) is 7.42. The highest BCUT2D eigenvalue weighted by Crippen LogP contribution is 2.60. The van der Waals surface area contributed by atoms with Gasteiger partial charge < -0.3 is 11.1 Å². The average Bonchev–Trinajstić information content (AvgIpc) is 3.27. The van der Waals surface area contributed by atoms with Gasteiger partial charge in [0.05, 0.1) is 11.9 Å². The van der Waals surface area contributed by atoms with Crippen LogP contribution in [0.2, 0.25) is 0 Å². The molecule has 1 aromatic rings. The molecule has 0 aromatic carbocycles. The molecule has 1 heterocycles. The molecule has 5 heteroatoms. The van der Waals surface area contributed by atoms with Crippen LogP contribution in [-0.4, -0.2) is 22.4 Å². The molecule has 1 amide bonds. The van der Waals surface area contributed by atoms with Gasteiger partial charge in [-0.2, -0.15) is 0 Å². The number of aromatic nitrogens is 2. The van der Waals surface area contributed by atoms with Gasteiger partial charge in [-0.15, -0.1) is 0 Å². The zero-order valence-corrected chi connectivity index (χ0v) is 12.1. The maximum absolute atomic E-state index is 12.3. The molecule has 3 N–H and O–H groups in total. The Hall–Kier alpha value is -1.65. The monoisotopic (exact) mass is 274 g/mol. The van der Waals surface area contributed by atoms with Crippen molar-refractivity contribution in [2.45, 2.75) is 45.4 Å². The Balaban J connectivity index is 1.68. The van der Waals surface area contributed by atoms with Crippen molar-refractivity contribution in [1.82, 2.24) is 15.3 Å². The number of hydrogen-bond acceptors (Lipinski definition) is 4. The van der Waals surface area contributed by atoms with E-state index in [1.807, 2.05) is 13.8 Å². The van der Waals surface area contributed by atoms with E-state index < -0.39 is 0 Å². The van der Waals surface area contributed by atoms with E-state index in [2.05, 4.69) is 15.3 Å². The summed E-state index contributed by atoms with van der Waals surface area (Å²) in [5.74, 6) is 1.51. The van der Waals surface area contributed by atoms with E-state index in [9.17, 15) is 4.79 Å². The van der Waals surface area contributed by atoms with Crippen molar-refractivity contribution < 1.29 is 4.79 Å². The molecule has 0 radical (unpaired) electrons. The number of nitrogens with two attached hydrogens (primary N) is 1. The molecular weight excluding hydrogens is 252 g/mol. The van der Waals surface area contributed by atoms with Gasteiger partial charge in [-0.25, -0.2) is 9.97 Å². The van der Waals surface area contributed by atoms with E-state index in [1.165, 1.54) is 31.9 Å². The lowest BCUT2D eigenvalue weighted by molar-refractivity contribution is 0.0938. The summed E-state index contributed by atoms with van der Waals surface area (Å²) >= 11 is 0. The lowest BCUT2D eigenvalue weighted by atomic mass is 10.0. The Morgan fingerprint density at radius 2 is 2.20 bits per heavy atom. The molecule has 2 aliphatic carbocycles. The van der Waals surface area contributed by atoms with Gasteiger partial charge in [-0.1, -0.05) is 13.8 Å². The standard InChI is InChI=1S/C15H22N4O/c1-9(2)13-17-7-11(16)12(19-13)14(20)18-8-15(5-6-15)10-3-4-10/h7,9-10H,3-6,8,16H2,1-2H3,(H,18,20). The topological polar surface area (TPSA) is 80.9 Å². The van der Waals surface area contributed by atoms with Crippen LogP contribution in [0.25, 0.3) is 0 Å². The van der Waals surface area contributed by atoms with Gasteiger partial charge in [0.1, 0.15) is 5.82 Å². The summed E-state index contributed by atoms with van der Waals surface area (Å²) < 4.78 is 0. The van der Waals surface area contributed by atoms with Gasteiger partial charge in [0.15, 0.2) is 5.69 Å². The maximum Gasteiger partial charge on any atom is 0.272 e. The molecule has 2 fully saturated rings. The average molecular weight is 274 g/mol. The van der Waals surface area contributed by atoms with Crippen molar-refractivity contribution in [3.8, 4) is 0 Å². The minimum atomic E-state index is -0.168. The third kappa shape index (κ3) is 2.49. The van der Waals surface area contributed by atoms with Crippen LogP contribution in [-0.2, 0) is 0 Å². The largest absolute Gasteiger partial charge is 0.396 e. The lowest BCUT2D eigenvalue weighted by Crippen LogP contribution is -2.32. The van der Waals surface area contributed by atoms with E-state index in [1.54, 1.807) is 0 Å². The third-order valence-corrected chi connectivity index (χ3v) is 4.50. The molecule has 0 aliphatic heterocycles. The second-order valence-electron chi connectivity index (χ2n) is 6.51. The Kier molecular flexibility index (Phi) is 3.15. The van der Waals surface area contributed by atoms with Gasteiger partial charge in [-0.05, 0) is 37.0 Å². The predicted octanol–water partition coefficient (Wildman–Crippen LogP) is 2.10. The Morgan fingerprint density at radius 3 is 2.75 bits per heavy atom. The normalized spacial score (nSPS) is 19.9. The van der Waals surface area contributed by atoms with Gasteiger partial charge in [0.25, 0.3) is 5.91 Å². The number of nitrogen functional groups attached to an aromatic ring is 1. The SMILES string of the molecule is CC(C)c1ncc(N)c(C(=O)NCC2(C3CC3)CC2)n1. The molecule has 3 rings (SSSR count). The number of amides is 1. The third-order valence-electron chi connectivity index (χ3n) is 4.50. The maximum atomic E-state index is 12.3. The fourth-order valence-electron chi connectivity index (χ4n) is 2.79. The molecule has 0 bridgehead atoms. The molecule has 2 saturated carbocycles. The Bertz CT molecular complexity index is 533. The van der Waals surface area contributed by atoms with Crippen molar-refractivity contribution in [3.63, 3.8) is 0 Å². The van der Waals surface area contributed by atoms with Crippen molar-refractivity contribution >= 4 is 11.6 Å². The summed E-state index contributed by atoms with van der Waals surface area (Å²) in [5.41, 5.74) is 6.88. The van der Waals surface area contributed by atoms with Gasteiger partial charge in [-0.3, -0.25) is 4.79 Å². The van der Waals surface area contributed by atoms with Crippen LogP contribution in [0.4, 0.5) is 5.69 Å². The second kappa shape index (κ2) is 4.72. The van der Waals surface area contributed by atoms with Crippen LogP contribution in [0.15, 0.2) is 6.20 Å². The second-order valence-corrected chi connectivity index (χ2v) is 6.51. The summed E-state index contributed by atoms with van der Waals surface area (Å²) in [7, 11) is 0. The number of hydrogen-bond donors (Lipinski definition) is 2. The van der Waals surface area contributed by atoms with Crippen molar-refractivity contribution in [2.75, 3.05) is 12.3 Å². The highest BCUT2D eigenvalue weighted by Gasteiger charge is 2.53. The number of carbonyl (C=O) groups is 1. The molecule has 0 spiro atoms. The number of nitrogens with zero attached hydrogens (tertiary/aromatic N) is 2. The fourth-order valence-corrected chi connectivity index (χ4v) is 2.79. The van der Waals surface area contributed by atoms with Crippen molar-refractivity contribution in [1.29, 1.82) is 0 Å². The smallest absolute Gasteiger partial charge is 0.272 e. The molecule has 1 aromatic heterocycles. The highest BCUT2D eigenvalue weighted by atomic mass is 16.1. The highest BCUT2D eigenvalue weighted by molar-refractivity contribution is 5.96. The first kappa shape index (κ1) is 13.3. The van der Waals surface area contributed by atoms with E-state index >= 15 is 0 Å². The summed E-state index contributed by atoms with van der Waals surface area (Å²) in [6, 6.07) is 0. The van der Waals surface area contributed by atoms with E-state index in [4.69, 9.17) is 5.73 Å². The predicted molar refractivity (Wildman–Crippen MR) is 77.3 cm³/mol. The van der Waals surface area contributed by atoms with E-state index in [0.717, 1.165) is 12.5 Å². The van der Waals surface area contributed by atoms with Crippen LogP contribution < -0.4 is 11.1 Å². The molecule has 108 valence electrons. The molecule has 0 atom stereocenters. The first-order chi connectivity index (χ1) is 9.52. The minimum absolute atomic E-state index is 0.168. The zero-order valence-electron chi connectivity index (χ0n) is 12.1. The summed E-state index contributed by atoms with van der Waals surface area (Å²) in [5, 5.41) is 3.02. The Labute approximate surface area is 119 Å². The molecule has 0 saturated heterocycles. The van der Waals surface area contributed by atoms with Crippen molar-refractivity contribution in [2.24, 2.45) is 11.3 Å². The van der Waals surface area contributed by atoms with Crippen LogP contribution in [0.3, 0.4) is 0 Å². The number of anilines is 1. The lowest BCUT2D eigenvalue weighted by Gasteiger charge is -2.15. The minimum Gasteiger partial charge on any atom is -0.396 e. The number of rotatable bonds is 5. The summed E-state index contributed by atoms with van der Waals surface area (Å²) in [6.07, 6.45) is 6.67. The van der Waals surface area contributed by atoms with Gasteiger partial charge in [0, 0.05) is 12.5 Å². The van der Waals surface area contributed by atoms with E-state index in [0.29, 0.717) is 22.6 Å². The fraction of sp³-hybridized carbons (Fsp3) is 0.667. The summed E-state index contributed by atoms with van der Waals surface area (Å²) in [6.45, 7) is 4.76. The van der Waals surface area contributed by atoms with Gasteiger partial charge >= 0.3 is 0 Å². The van der Waals surface area contributed by atoms with Crippen LogP contribution in [0.1, 0.15) is 61.8 Å². The molecule has 20 heavy (non-hydrogen) atoms. The first-order valence-electron chi connectivity index (χ1n) is 7.42. The molecule has 2 aliphatic rings. The molecular formula is C15H22N4O. The van der Waals surface area contributed by atoms with Crippen molar-refractivity contribution in [3.05, 3.63) is 17.7 Å². The summed E-state index contributed by atoms with van der Waals surface area (Å²) in [4.78, 5) is 20.7. The zero-order chi connectivity index (χ0) is 14.3. The van der Waals surface area contributed by atoms with Gasteiger partial charge in [0.2, 0.25) is 0 Å². The number of carbonyl (C=O) groups excluding carboxylic acids is 1. The quantitative estimate of drug-likeness (QED) is 0.861. The molecule has 0 unspecified atom stereocenters. The van der Waals surface area contributed by atoms with Crippen LogP contribution in [0, 0.1) is 11.3 Å². The molecule has 5 nitrogen and oxygen atoms in total. The van der Waals surface area contributed by atoms with Crippen LogP contribution >= 0.6 is 0 Å². The van der Waals surface area contributed by atoms with Crippen LogP contribution in [0.5, 0.6) is 0 Å². The number of nitrogens with one attached hydrogen (secondary N) is 1.